The zero-order chi connectivity index (χ0) is 14.4. The van der Waals surface area contributed by atoms with Crippen LogP contribution in [0.4, 0.5) is 5.69 Å². The number of hydrogen-bond donors (Lipinski definition) is 2. The Kier molecular flexibility index (Phi) is 5.83. The molecule has 19 heavy (non-hydrogen) atoms. The zero-order valence-electron chi connectivity index (χ0n) is 12.1. The minimum absolute atomic E-state index is 0.0568. The van der Waals surface area contributed by atoms with Crippen LogP contribution in [0.5, 0.6) is 5.75 Å². The minimum Gasteiger partial charge on any atom is -0.489 e. The predicted molar refractivity (Wildman–Crippen MR) is 78.3 cm³/mol. The molecule has 1 aromatic rings. The van der Waals surface area contributed by atoms with Crippen molar-refractivity contribution in [2.75, 3.05) is 5.32 Å². The summed E-state index contributed by atoms with van der Waals surface area (Å²) in [6.07, 6.45) is 0.930. The van der Waals surface area contributed by atoms with Gasteiger partial charge in [-0.15, -0.1) is 0 Å². The van der Waals surface area contributed by atoms with E-state index in [4.69, 9.17) is 10.5 Å². The summed E-state index contributed by atoms with van der Waals surface area (Å²) < 4.78 is 5.66. The molecule has 0 unspecified atom stereocenters. The molecule has 4 nitrogen and oxygen atoms in total. The first-order valence-corrected chi connectivity index (χ1v) is 6.77. The Morgan fingerprint density at radius 2 is 1.95 bits per heavy atom. The average molecular weight is 264 g/mol. The molecule has 1 aromatic carbocycles. The quantitative estimate of drug-likeness (QED) is 0.830. The monoisotopic (exact) mass is 264 g/mol. The van der Waals surface area contributed by atoms with Gasteiger partial charge in [0.1, 0.15) is 5.75 Å². The van der Waals surface area contributed by atoms with Crippen molar-refractivity contribution >= 4 is 11.6 Å². The Morgan fingerprint density at radius 3 is 2.53 bits per heavy atom. The first kappa shape index (κ1) is 15.5. The van der Waals surface area contributed by atoms with Crippen molar-refractivity contribution in [1.29, 1.82) is 0 Å². The van der Waals surface area contributed by atoms with Crippen LogP contribution in [-0.2, 0) is 4.79 Å². The number of carbonyl (C=O) groups is 1. The molecule has 1 amide bonds. The van der Waals surface area contributed by atoms with E-state index in [-0.39, 0.29) is 17.9 Å². The van der Waals surface area contributed by atoms with E-state index in [1.54, 1.807) is 0 Å². The van der Waals surface area contributed by atoms with Crippen molar-refractivity contribution < 1.29 is 9.53 Å². The Bertz CT molecular complexity index is 418. The number of amides is 1. The van der Waals surface area contributed by atoms with Gasteiger partial charge in [-0.3, -0.25) is 4.79 Å². The summed E-state index contributed by atoms with van der Waals surface area (Å²) in [6.45, 7) is 7.89. The van der Waals surface area contributed by atoms with Crippen molar-refractivity contribution in [3.05, 3.63) is 24.3 Å². The van der Waals surface area contributed by atoms with Gasteiger partial charge >= 0.3 is 0 Å². The number of rotatable bonds is 6. The van der Waals surface area contributed by atoms with E-state index >= 15 is 0 Å². The predicted octanol–water partition coefficient (Wildman–Crippen LogP) is 2.79. The Morgan fingerprint density at radius 1 is 1.32 bits per heavy atom. The molecular weight excluding hydrogens is 240 g/mol. The van der Waals surface area contributed by atoms with Gasteiger partial charge in [0.25, 0.3) is 0 Å². The van der Waals surface area contributed by atoms with Gasteiger partial charge in [-0.1, -0.05) is 32.4 Å². The van der Waals surface area contributed by atoms with E-state index in [0.29, 0.717) is 11.4 Å². The van der Waals surface area contributed by atoms with E-state index in [1.807, 2.05) is 52.0 Å². The largest absolute Gasteiger partial charge is 0.489 e. The van der Waals surface area contributed by atoms with E-state index in [9.17, 15) is 4.79 Å². The van der Waals surface area contributed by atoms with Crippen molar-refractivity contribution in [3.8, 4) is 5.75 Å². The SMILES string of the molecule is CC[C@H](C)[C@H](N)C(=O)Nc1ccccc1OC(C)C. The molecule has 2 atom stereocenters. The number of ether oxygens (including phenoxy) is 1. The zero-order valence-corrected chi connectivity index (χ0v) is 12.1. The number of hydrogen-bond acceptors (Lipinski definition) is 3. The Labute approximate surface area is 115 Å². The molecule has 0 aliphatic rings. The lowest BCUT2D eigenvalue weighted by Gasteiger charge is -2.19. The lowest BCUT2D eigenvalue weighted by Crippen LogP contribution is -2.40. The van der Waals surface area contributed by atoms with Crippen molar-refractivity contribution in [3.63, 3.8) is 0 Å². The van der Waals surface area contributed by atoms with E-state index < -0.39 is 6.04 Å². The van der Waals surface area contributed by atoms with Crippen molar-refractivity contribution in [2.45, 2.75) is 46.3 Å². The standard InChI is InChI=1S/C15H24N2O2/c1-5-11(4)14(16)15(18)17-12-8-6-7-9-13(12)19-10(2)3/h6-11,14H,5,16H2,1-4H3,(H,17,18)/t11-,14-/m0/s1. The highest BCUT2D eigenvalue weighted by atomic mass is 16.5. The molecule has 0 saturated carbocycles. The second kappa shape index (κ2) is 7.14. The lowest BCUT2D eigenvalue weighted by atomic mass is 9.99. The molecule has 1 rings (SSSR count). The second-order valence-electron chi connectivity index (χ2n) is 5.06. The van der Waals surface area contributed by atoms with E-state index in [2.05, 4.69) is 5.32 Å². The molecule has 3 N–H and O–H groups in total. The average Bonchev–Trinajstić information content (AvgIpc) is 2.38. The van der Waals surface area contributed by atoms with Crippen LogP contribution in [0, 0.1) is 5.92 Å². The highest BCUT2D eigenvalue weighted by Crippen LogP contribution is 2.25. The fourth-order valence-electron chi connectivity index (χ4n) is 1.66. The van der Waals surface area contributed by atoms with Gasteiger partial charge < -0.3 is 15.8 Å². The number of carbonyl (C=O) groups excluding carboxylic acids is 1. The minimum atomic E-state index is -0.503. The van der Waals surface area contributed by atoms with Gasteiger partial charge in [0.15, 0.2) is 0 Å². The molecule has 0 aromatic heterocycles. The number of nitrogens with one attached hydrogen (secondary N) is 1. The first-order chi connectivity index (χ1) is 8.95. The van der Waals surface area contributed by atoms with Crippen LogP contribution in [0.2, 0.25) is 0 Å². The number of anilines is 1. The molecule has 4 heteroatoms. The van der Waals surface area contributed by atoms with Gasteiger partial charge in [-0.2, -0.15) is 0 Å². The van der Waals surface area contributed by atoms with Gasteiger partial charge in [-0.05, 0) is 31.9 Å². The van der Waals surface area contributed by atoms with Crippen LogP contribution in [-0.4, -0.2) is 18.1 Å². The van der Waals surface area contributed by atoms with Crippen LogP contribution in [0.3, 0.4) is 0 Å². The van der Waals surface area contributed by atoms with Crippen LogP contribution in [0.15, 0.2) is 24.3 Å². The molecule has 0 heterocycles. The summed E-state index contributed by atoms with van der Waals surface area (Å²) in [7, 11) is 0. The summed E-state index contributed by atoms with van der Waals surface area (Å²) in [4.78, 5) is 12.1. The summed E-state index contributed by atoms with van der Waals surface area (Å²) >= 11 is 0. The molecule has 0 bridgehead atoms. The normalized spacial score (nSPS) is 14.0. The molecular formula is C15H24N2O2. The molecule has 0 fully saturated rings. The lowest BCUT2D eigenvalue weighted by molar-refractivity contribution is -0.118. The third-order valence-electron chi connectivity index (χ3n) is 3.07. The smallest absolute Gasteiger partial charge is 0.241 e. The molecule has 0 aliphatic heterocycles. The fraction of sp³-hybridized carbons (Fsp3) is 0.533. The van der Waals surface area contributed by atoms with E-state index in [0.717, 1.165) is 6.42 Å². The maximum atomic E-state index is 12.1. The van der Waals surface area contributed by atoms with Gasteiger partial charge in [-0.25, -0.2) is 0 Å². The van der Waals surface area contributed by atoms with E-state index in [1.165, 1.54) is 0 Å². The first-order valence-electron chi connectivity index (χ1n) is 6.77. The van der Waals surface area contributed by atoms with Crippen LogP contribution < -0.4 is 15.8 Å². The maximum Gasteiger partial charge on any atom is 0.241 e. The maximum absolute atomic E-state index is 12.1. The Balaban J connectivity index is 2.79. The van der Waals surface area contributed by atoms with Crippen molar-refractivity contribution in [1.82, 2.24) is 0 Å². The molecule has 106 valence electrons. The summed E-state index contributed by atoms with van der Waals surface area (Å²) in [6, 6.07) is 6.89. The third-order valence-corrected chi connectivity index (χ3v) is 3.07. The molecule has 0 spiro atoms. The van der Waals surface area contributed by atoms with Crippen molar-refractivity contribution in [2.24, 2.45) is 11.7 Å². The van der Waals surface area contributed by atoms with Gasteiger partial charge in [0.2, 0.25) is 5.91 Å². The van der Waals surface area contributed by atoms with Crippen LogP contribution in [0.1, 0.15) is 34.1 Å². The topological polar surface area (TPSA) is 64.4 Å². The summed E-state index contributed by atoms with van der Waals surface area (Å²) in [5.41, 5.74) is 6.58. The van der Waals surface area contributed by atoms with Crippen LogP contribution >= 0.6 is 0 Å². The second-order valence-corrected chi connectivity index (χ2v) is 5.06. The third kappa shape index (κ3) is 4.56. The van der Waals surface area contributed by atoms with Gasteiger partial charge in [0.05, 0.1) is 17.8 Å². The van der Waals surface area contributed by atoms with Gasteiger partial charge in [0, 0.05) is 0 Å². The highest BCUT2D eigenvalue weighted by molar-refractivity contribution is 5.96. The molecule has 0 radical (unpaired) electrons. The number of nitrogens with two attached hydrogens (primary N) is 1. The molecule has 0 saturated heterocycles. The summed E-state index contributed by atoms with van der Waals surface area (Å²) in [5, 5.41) is 2.84. The Hall–Kier alpha value is -1.55. The number of benzene rings is 1. The number of para-hydroxylation sites is 2. The summed E-state index contributed by atoms with van der Waals surface area (Å²) in [5.74, 6) is 0.648. The molecule has 0 aliphatic carbocycles. The fourth-order valence-corrected chi connectivity index (χ4v) is 1.66. The van der Waals surface area contributed by atoms with Crippen LogP contribution in [0.25, 0.3) is 0 Å². The highest BCUT2D eigenvalue weighted by Gasteiger charge is 2.20.